The van der Waals surface area contributed by atoms with Crippen LogP contribution in [0.4, 0.5) is 17.1 Å². The first-order valence-corrected chi connectivity index (χ1v) is 13.9. The van der Waals surface area contributed by atoms with Gasteiger partial charge in [-0.05, 0) is 60.7 Å². The van der Waals surface area contributed by atoms with E-state index in [9.17, 15) is 18.3 Å². The predicted octanol–water partition coefficient (Wildman–Crippen LogP) is 4.06. The third-order valence-electron chi connectivity index (χ3n) is 4.95. The number of hydrogen-bond donors (Lipinski definition) is 5. The molecule has 3 aromatic carbocycles. The molecule has 5 N–H and O–H groups in total. The van der Waals surface area contributed by atoms with Gasteiger partial charge in [0.1, 0.15) is 18.5 Å². The van der Waals surface area contributed by atoms with Gasteiger partial charge in [0, 0.05) is 36.6 Å². The van der Waals surface area contributed by atoms with Crippen LogP contribution in [0, 0.1) is 0 Å². The van der Waals surface area contributed by atoms with E-state index in [0.29, 0.717) is 58.1 Å². The number of hydrogen-bond acceptors (Lipinski definition) is 7. The molecule has 0 fully saturated rings. The summed E-state index contributed by atoms with van der Waals surface area (Å²) in [5.74, 6) is 0.204. The van der Waals surface area contributed by atoms with Crippen LogP contribution in [-0.4, -0.2) is 58.0 Å². The number of benzene rings is 3. The van der Waals surface area contributed by atoms with Crippen molar-refractivity contribution in [3.8, 4) is 5.75 Å². The van der Waals surface area contributed by atoms with Gasteiger partial charge >= 0.3 is 0 Å². The lowest BCUT2D eigenvalue weighted by atomic mass is 10.2. The molecule has 0 saturated carbocycles. The number of anilines is 3. The second kappa shape index (κ2) is 13.5. The van der Waals surface area contributed by atoms with Crippen LogP contribution in [0.15, 0.2) is 66.7 Å². The first-order chi connectivity index (χ1) is 17.6. The van der Waals surface area contributed by atoms with E-state index in [1.54, 1.807) is 42.5 Å². The van der Waals surface area contributed by atoms with Gasteiger partial charge < -0.3 is 25.8 Å². The highest BCUT2D eigenvalue weighted by atomic mass is 35.5. The minimum absolute atomic E-state index is 0.0936. The molecule has 0 aliphatic heterocycles. The zero-order valence-electron chi connectivity index (χ0n) is 20.0. The molecule has 0 bridgehead atoms. The Morgan fingerprint density at radius 2 is 1.57 bits per heavy atom. The zero-order valence-corrected chi connectivity index (χ0v) is 22.3. The maximum absolute atomic E-state index is 12.4. The summed E-state index contributed by atoms with van der Waals surface area (Å²) in [5, 5.41) is 20.3. The Balaban J connectivity index is 1.36. The Morgan fingerprint density at radius 1 is 0.946 bits per heavy atom. The summed E-state index contributed by atoms with van der Waals surface area (Å²) in [6.07, 6.45) is 0.335. The topological polar surface area (TPSA) is 129 Å². The lowest BCUT2D eigenvalue weighted by molar-refractivity contribution is 0.102. The summed E-state index contributed by atoms with van der Waals surface area (Å²) in [7, 11) is -3.39. The predicted molar refractivity (Wildman–Crippen MR) is 149 cm³/mol. The molecule has 12 heteroatoms. The van der Waals surface area contributed by atoms with Crippen molar-refractivity contribution in [1.29, 1.82) is 0 Å². The molecule has 0 spiro atoms. The van der Waals surface area contributed by atoms with Crippen molar-refractivity contribution in [3.05, 3.63) is 82.3 Å². The first-order valence-electron chi connectivity index (χ1n) is 11.3. The van der Waals surface area contributed by atoms with Crippen molar-refractivity contribution < 1.29 is 23.1 Å². The Labute approximate surface area is 226 Å². The molecule has 0 heterocycles. The van der Waals surface area contributed by atoms with Gasteiger partial charge in [-0.15, -0.1) is 0 Å². The number of aliphatic hydroxyl groups is 1. The molecule has 1 amide bonds. The quantitative estimate of drug-likeness (QED) is 0.197. The smallest absolute Gasteiger partial charge is 0.255 e. The average Bonchev–Trinajstić information content (AvgIpc) is 2.84. The molecular formula is C25H28Cl2N4O5S. The highest BCUT2D eigenvalue weighted by Gasteiger charge is 2.09. The van der Waals surface area contributed by atoms with Crippen molar-refractivity contribution in [3.63, 3.8) is 0 Å². The fourth-order valence-electron chi connectivity index (χ4n) is 3.20. The fraction of sp³-hybridized carbons (Fsp3) is 0.240. The van der Waals surface area contributed by atoms with Gasteiger partial charge in [0.25, 0.3) is 5.91 Å². The van der Waals surface area contributed by atoms with Gasteiger partial charge in [-0.3, -0.25) is 9.52 Å². The van der Waals surface area contributed by atoms with Crippen LogP contribution in [0.3, 0.4) is 0 Å². The molecule has 37 heavy (non-hydrogen) atoms. The van der Waals surface area contributed by atoms with Gasteiger partial charge in [0.2, 0.25) is 10.0 Å². The van der Waals surface area contributed by atoms with Crippen molar-refractivity contribution in [2.45, 2.75) is 6.10 Å². The minimum Gasteiger partial charge on any atom is -0.491 e. The summed E-state index contributed by atoms with van der Waals surface area (Å²) in [6, 6.07) is 18.1. The van der Waals surface area contributed by atoms with Crippen LogP contribution >= 0.6 is 23.2 Å². The molecule has 1 atom stereocenters. The number of amides is 1. The van der Waals surface area contributed by atoms with E-state index in [1.165, 1.54) is 24.3 Å². The molecule has 3 rings (SSSR count). The number of carbonyl (C=O) groups is 1. The van der Waals surface area contributed by atoms with E-state index in [4.69, 9.17) is 27.9 Å². The molecule has 0 aliphatic carbocycles. The Kier molecular flexibility index (Phi) is 10.4. The van der Waals surface area contributed by atoms with Crippen LogP contribution in [0.2, 0.25) is 10.0 Å². The van der Waals surface area contributed by atoms with E-state index in [2.05, 4.69) is 20.7 Å². The number of ether oxygens (including phenoxy) is 1. The van der Waals surface area contributed by atoms with Crippen LogP contribution in [0.5, 0.6) is 5.75 Å². The molecule has 0 saturated heterocycles. The SMILES string of the molecule is CS(=O)(=O)Nc1ccc(C(=O)Nc2ccc(OCC(O)CNCCNc3c(Cl)cccc3Cl)cc2)cc1. The zero-order chi connectivity index (χ0) is 26.8. The summed E-state index contributed by atoms with van der Waals surface area (Å²) in [5.41, 5.74) is 1.98. The van der Waals surface area contributed by atoms with Gasteiger partial charge in [0.05, 0.1) is 22.0 Å². The Morgan fingerprint density at radius 3 is 2.19 bits per heavy atom. The van der Waals surface area contributed by atoms with Crippen molar-refractivity contribution >= 4 is 56.2 Å². The van der Waals surface area contributed by atoms with Gasteiger partial charge in [-0.25, -0.2) is 8.42 Å². The molecule has 198 valence electrons. The van der Waals surface area contributed by atoms with Crippen molar-refractivity contribution in [2.24, 2.45) is 0 Å². The molecular weight excluding hydrogens is 539 g/mol. The Hall–Kier alpha value is -3.02. The summed E-state index contributed by atoms with van der Waals surface area (Å²) < 4.78 is 30.5. The number of aliphatic hydroxyl groups excluding tert-OH is 1. The summed E-state index contributed by atoms with van der Waals surface area (Å²) >= 11 is 12.2. The molecule has 0 aromatic heterocycles. The van der Waals surface area contributed by atoms with E-state index < -0.39 is 16.1 Å². The van der Waals surface area contributed by atoms with E-state index in [1.807, 2.05) is 0 Å². The fourth-order valence-corrected chi connectivity index (χ4v) is 4.30. The maximum atomic E-state index is 12.4. The number of halogens is 2. The average molecular weight is 567 g/mol. The highest BCUT2D eigenvalue weighted by Crippen LogP contribution is 2.29. The van der Waals surface area contributed by atoms with E-state index in [-0.39, 0.29) is 12.5 Å². The molecule has 0 aliphatic rings. The van der Waals surface area contributed by atoms with E-state index in [0.717, 1.165) is 6.26 Å². The number of sulfonamides is 1. The van der Waals surface area contributed by atoms with Crippen LogP contribution in [0.25, 0.3) is 0 Å². The van der Waals surface area contributed by atoms with Gasteiger partial charge in [0.15, 0.2) is 0 Å². The third-order valence-corrected chi connectivity index (χ3v) is 6.19. The second-order valence-corrected chi connectivity index (χ2v) is 10.7. The Bertz CT molecular complexity index is 1270. The largest absolute Gasteiger partial charge is 0.491 e. The lowest BCUT2D eigenvalue weighted by Crippen LogP contribution is -2.34. The lowest BCUT2D eigenvalue weighted by Gasteiger charge is -2.15. The summed E-state index contributed by atoms with van der Waals surface area (Å²) in [6.45, 7) is 1.59. The number of carbonyl (C=O) groups excluding carboxylic acids is 1. The van der Waals surface area contributed by atoms with Crippen LogP contribution in [-0.2, 0) is 10.0 Å². The molecule has 9 nitrogen and oxygen atoms in total. The van der Waals surface area contributed by atoms with Gasteiger partial charge in [-0.1, -0.05) is 29.3 Å². The molecule has 1 unspecified atom stereocenters. The monoisotopic (exact) mass is 566 g/mol. The third kappa shape index (κ3) is 9.75. The number of para-hydroxylation sites is 1. The molecule has 0 radical (unpaired) electrons. The summed E-state index contributed by atoms with van der Waals surface area (Å²) in [4.78, 5) is 12.4. The number of rotatable bonds is 13. The van der Waals surface area contributed by atoms with Crippen molar-refractivity contribution in [1.82, 2.24) is 5.32 Å². The minimum atomic E-state index is -3.39. The number of nitrogens with one attached hydrogen (secondary N) is 4. The highest BCUT2D eigenvalue weighted by molar-refractivity contribution is 7.92. The maximum Gasteiger partial charge on any atom is 0.255 e. The van der Waals surface area contributed by atoms with Crippen molar-refractivity contribution in [2.75, 3.05) is 47.9 Å². The molecule has 3 aromatic rings. The van der Waals surface area contributed by atoms with Crippen LogP contribution < -0.4 is 25.4 Å². The van der Waals surface area contributed by atoms with Crippen LogP contribution in [0.1, 0.15) is 10.4 Å². The van der Waals surface area contributed by atoms with E-state index >= 15 is 0 Å². The second-order valence-electron chi connectivity index (χ2n) is 8.12. The normalized spacial score (nSPS) is 12.0. The first kappa shape index (κ1) is 28.5. The van der Waals surface area contributed by atoms with Gasteiger partial charge in [-0.2, -0.15) is 0 Å². The standard InChI is InChI=1S/C25H28Cl2N4O5S/c1-37(34,35)31-19-7-5-17(6-8-19)25(33)30-18-9-11-21(12-10-18)36-16-20(32)15-28-13-14-29-24-22(26)3-2-4-23(24)27/h2-12,20,28-29,31-32H,13-16H2,1H3,(H,30,33).